The Kier molecular flexibility index (Phi) is 9.29. The first-order valence-electron chi connectivity index (χ1n) is 15.2. The zero-order chi connectivity index (χ0) is 32.3. The fourth-order valence-electron chi connectivity index (χ4n) is 6.40. The quantitative estimate of drug-likeness (QED) is 0.403. The molecule has 5 rings (SSSR count). The summed E-state index contributed by atoms with van der Waals surface area (Å²) in [6, 6.07) is 14.7. The number of hydrogen-bond acceptors (Lipinski definition) is 8. The first kappa shape index (κ1) is 31.8. The lowest BCUT2D eigenvalue weighted by Gasteiger charge is -2.28. The lowest BCUT2D eigenvalue weighted by molar-refractivity contribution is -0.141. The highest BCUT2D eigenvalue weighted by Gasteiger charge is 2.42. The number of carboxylic acids is 1. The van der Waals surface area contributed by atoms with Crippen molar-refractivity contribution in [1.82, 2.24) is 20.4 Å². The smallest absolute Gasteiger partial charge is 0.410 e. The van der Waals surface area contributed by atoms with Crippen molar-refractivity contribution < 1.29 is 33.8 Å². The normalized spacial score (nSPS) is 21.4. The molecule has 1 unspecified atom stereocenters. The van der Waals surface area contributed by atoms with E-state index in [9.17, 15) is 29.5 Å². The molecule has 0 aromatic heterocycles. The van der Waals surface area contributed by atoms with E-state index in [4.69, 9.17) is 9.47 Å². The van der Waals surface area contributed by atoms with Gasteiger partial charge < -0.3 is 30.1 Å². The second kappa shape index (κ2) is 13.2. The summed E-state index contributed by atoms with van der Waals surface area (Å²) in [6.07, 6.45) is -0.216. The van der Waals surface area contributed by atoms with Crippen molar-refractivity contribution in [1.29, 1.82) is 5.26 Å². The minimum atomic E-state index is -1.17. The van der Waals surface area contributed by atoms with E-state index in [0.29, 0.717) is 19.4 Å². The molecule has 45 heavy (non-hydrogen) atoms. The van der Waals surface area contributed by atoms with E-state index in [1.54, 1.807) is 20.8 Å². The maximum atomic E-state index is 13.4. The molecule has 4 atom stereocenters. The topological polar surface area (TPSA) is 161 Å². The molecule has 12 heteroatoms. The zero-order valence-corrected chi connectivity index (χ0v) is 25.7. The molecule has 1 aliphatic carbocycles. The van der Waals surface area contributed by atoms with Crippen LogP contribution >= 0.6 is 0 Å². The van der Waals surface area contributed by atoms with Crippen LogP contribution in [0.1, 0.15) is 57.1 Å². The van der Waals surface area contributed by atoms with Crippen molar-refractivity contribution in [2.24, 2.45) is 0 Å². The minimum Gasteiger partial charge on any atom is -0.480 e. The van der Waals surface area contributed by atoms with E-state index in [2.05, 4.69) is 16.7 Å². The van der Waals surface area contributed by atoms with Gasteiger partial charge in [0.1, 0.15) is 30.3 Å². The van der Waals surface area contributed by atoms with E-state index in [-0.39, 0.29) is 32.0 Å². The molecule has 2 aromatic carbocycles. The number of nitrogens with zero attached hydrogens (tertiary/aromatic N) is 3. The number of carbonyl (C=O) groups is 4. The Morgan fingerprint density at radius 2 is 1.69 bits per heavy atom. The van der Waals surface area contributed by atoms with Crippen molar-refractivity contribution >= 4 is 24.1 Å². The van der Waals surface area contributed by atoms with Crippen molar-refractivity contribution in [3.05, 3.63) is 59.7 Å². The van der Waals surface area contributed by atoms with Crippen LogP contribution < -0.4 is 10.6 Å². The molecule has 0 saturated carbocycles. The Morgan fingerprint density at radius 3 is 2.29 bits per heavy atom. The molecule has 0 bridgehead atoms. The maximum Gasteiger partial charge on any atom is 0.410 e. The molecule has 0 spiro atoms. The van der Waals surface area contributed by atoms with Crippen LogP contribution in [0.2, 0.25) is 0 Å². The molecule has 3 amide bonds. The van der Waals surface area contributed by atoms with E-state index in [1.165, 1.54) is 9.80 Å². The van der Waals surface area contributed by atoms with Crippen molar-refractivity contribution in [3.63, 3.8) is 0 Å². The summed E-state index contributed by atoms with van der Waals surface area (Å²) >= 11 is 0. The van der Waals surface area contributed by atoms with Gasteiger partial charge in [-0.1, -0.05) is 48.5 Å². The molecule has 12 nitrogen and oxygen atoms in total. The fourth-order valence-corrected chi connectivity index (χ4v) is 6.40. The van der Waals surface area contributed by atoms with Gasteiger partial charge in [0.05, 0.1) is 6.07 Å². The number of benzene rings is 2. The number of likely N-dealkylation sites (tertiary alicyclic amines) is 2. The third-order valence-corrected chi connectivity index (χ3v) is 8.44. The Morgan fingerprint density at radius 1 is 1.04 bits per heavy atom. The summed E-state index contributed by atoms with van der Waals surface area (Å²) in [6.45, 7) is 5.54. The largest absolute Gasteiger partial charge is 0.480 e. The first-order valence-corrected chi connectivity index (χ1v) is 15.2. The lowest BCUT2D eigenvalue weighted by atomic mass is 9.98. The minimum absolute atomic E-state index is 0.0333. The summed E-state index contributed by atoms with van der Waals surface area (Å²) in [7, 11) is 0. The second-order valence-electron chi connectivity index (χ2n) is 12.7. The van der Waals surface area contributed by atoms with Crippen LogP contribution in [0, 0.1) is 11.3 Å². The van der Waals surface area contributed by atoms with Crippen LogP contribution in [0.4, 0.5) is 9.59 Å². The molecule has 3 aliphatic rings. The summed E-state index contributed by atoms with van der Waals surface area (Å²) < 4.78 is 11.1. The summed E-state index contributed by atoms with van der Waals surface area (Å²) in [4.78, 5) is 54.2. The van der Waals surface area contributed by atoms with Crippen LogP contribution in [0.15, 0.2) is 48.5 Å². The number of fused-ring (bicyclic) bond motifs is 3. The number of hydrogen-bond donors (Lipinski definition) is 3. The predicted octanol–water partition coefficient (Wildman–Crippen LogP) is 3.46. The van der Waals surface area contributed by atoms with Gasteiger partial charge in [-0.15, -0.1) is 0 Å². The van der Waals surface area contributed by atoms with Gasteiger partial charge in [0, 0.05) is 31.6 Å². The average Bonchev–Trinajstić information content (AvgIpc) is 3.73. The number of nitriles is 1. The highest BCUT2D eigenvalue weighted by molar-refractivity contribution is 5.87. The van der Waals surface area contributed by atoms with Crippen LogP contribution in [-0.4, -0.2) is 95.0 Å². The van der Waals surface area contributed by atoms with E-state index >= 15 is 0 Å². The fraction of sp³-hybridized carbons (Fsp3) is 0.485. The highest BCUT2D eigenvalue weighted by Crippen LogP contribution is 2.44. The molecule has 2 fully saturated rings. The number of carbonyl (C=O) groups excluding carboxylic acids is 3. The van der Waals surface area contributed by atoms with Crippen molar-refractivity contribution in [2.45, 2.75) is 75.7 Å². The first-order chi connectivity index (χ1) is 21.5. The van der Waals surface area contributed by atoms with Gasteiger partial charge >= 0.3 is 18.2 Å². The Balaban J connectivity index is 1.24. The molecule has 2 aliphatic heterocycles. The molecule has 2 aromatic rings. The molecule has 0 radical (unpaired) electrons. The summed E-state index contributed by atoms with van der Waals surface area (Å²) in [5, 5.41) is 25.2. The SMILES string of the molecule is CC(C)(C)OC(=O)N[C@@H](CN[C@H]1CC(C(=O)O)N(C(=O)OCC2c3ccccc3-c3ccccc32)C1)C(=O)N1CCC[C@H]1C#N. The third kappa shape index (κ3) is 7.04. The van der Waals surface area contributed by atoms with Crippen molar-refractivity contribution in [3.8, 4) is 17.2 Å². The van der Waals surface area contributed by atoms with E-state index in [1.807, 2.05) is 48.5 Å². The number of carboxylic acid groups (broad SMARTS) is 1. The number of amides is 3. The number of aliphatic carboxylic acids is 1. The second-order valence-corrected chi connectivity index (χ2v) is 12.7. The summed E-state index contributed by atoms with van der Waals surface area (Å²) in [5.74, 6) is -1.77. The zero-order valence-electron chi connectivity index (χ0n) is 25.7. The third-order valence-electron chi connectivity index (χ3n) is 8.44. The highest BCUT2D eigenvalue weighted by atomic mass is 16.6. The number of rotatable bonds is 8. The van der Waals surface area contributed by atoms with Gasteiger partial charge in [-0.05, 0) is 62.3 Å². The Labute approximate surface area is 262 Å². The van der Waals surface area contributed by atoms with Crippen molar-refractivity contribution in [2.75, 3.05) is 26.2 Å². The number of alkyl carbamates (subject to hydrolysis) is 1. The van der Waals surface area contributed by atoms with Gasteiger partial charge in [0.25, 0.3) is 0 Å². The van der Waals surface area contributed by atoms with Gasteiger partial charge in [0.15, 0.2) is 0 Å². The van der Waals surface area contributed by atoms with Crippen LogP contribution in [-0.2, 0) is 19.1 Å². The van der Waals surface area contributed by atoms with E-state index in [0.717, 1.165) is 22.3 Å². The lowest BCUT2D eigenvalue weighted by Crippen LogP contribution is -2.56. The Hall–Kier alpha value is -4.63. The maximum absolute atomic E-state index is 13.4. The predicted molar refractivity (Wildman–Crippen MR) is 163 cm³/mol. The number of nitrogens with one attached hydrogen (secondary N) is 2. The molecule has 2 saturated heterocycles. The standard InChI is InChI=1S/C33H39N5O7/c1-33(2,3)45-31(42)36-27(29(39)37-14-8-9-21(37)16-34)17-35-20-15-28(30(40)41)38(18-20)32(43)44-19-26-24-12-6-4-10-22(24)23-11-5-7-13-25(23)26/h4-7,10-13,20-21,26-28,35H,8-9,14-15,17-19H2,1-3H3,(H,36,42)(H,40,41)/t20-,21-,27-,28?/m0/s1. The van der Waals surface area contributed by atoms with Gasteiger partial charge in [0.2, 0.25) is 5.91 Å². The summed E-state index contributed by atoms with van der Waals surface area (Å²) in [5.41, 5.74) is 3.47. The van der Waals surface area contributed by atoms with Gasteiger partial charge in [-0.25, -0.2) is 14.4 Å². The number of ether oxygens (including phenoxy) is 2. The van der Waals surface area contributed by atoms with Gasteiger partial charge in [-0.2, -0.15) is 5.26 Å². The Bertz CT molecular complexity index is 1450. The average molecular weight is 618 g/mol. The van der Waals surface area contributed by atoms with Crippen LogP contribution in [0.25, 0.3) is 11.1 Å². The molecule has 238 valence electrons. The van der Waals surface area contributed by atoms with Gasteiger partial charge in [-0.3, -0.25) is 9.69 Å². The van der Waals surface area contributed by atoms with Crippen LogP contribution in [0.3, 0.4) is 0 Å². The molecule has 3 N–H and O–H groups in total. The van der Waals surface area contributed by atoms with Crippen LogP contribution in [0.5, 0.6) is 0 Å². The monoisotopic (exact) mass is 617 g/mol. The van der Waals surface area contributed by atoms with E-state index < -0.39 is 53.8 Å². The molecule has 2 heterocycles. The molecular formula is C33H39N5O7. The molecular weight excluding hydrogens is 578 g/mol.